The van der Waals surface area contributed by atoms with Crippen molar-refractivity contribution in [3.8, 4) is 11.5 Å². The van der Waals surface area contributed by atoms with E-state index in [0.717, 1.165) is 16.9 Å². The van der Waals surface area contributed by atoms with E-state index in [1.54, 1.807) is 19.2 Å². The number of hydrogen-bond donors (Lipinski definition) is 2. The normalized spacial score (nSPS) is 12.0. The molecule has 0 saturated heterocycles. The molecular weight excluding hydrogens is 304 g/mol. The SMILES string of the molecule is COc1ccc(C(CNC(=O)c2ccc(C)cc2O)N(C)C)cc1. The Labute approximate surface area is 142 Å². The van der Waals surface area contributed by atoms with Crippen LogP contribution in [0.3, 0.4) is 0 Å². The molecule has 0 radical (unpaired) electrons. The predicted octanol–water partition coefficient (Wildman–Crippen LogP) is 2.74. The monoisotopic (exact) mass is 328 g/mol. The number of likely N-dealkylation sites (N-methyl/N-ethyl adjacent to an activating group) is 1. The number of aromatic hydroxyl groups is 1. The molecule has 128 valence electrons. The van der Waals surface area contributed by atoms with Gasteiger partial charge < -0.3 is 20.1 Å². The minimum absolute atomic E-state index is 0.00153. The highest BCUT2D eigenvalue weighted by Gasteiger charge is 2.17. The van der Waals surface area contributed by atoms with Crippen molar-refractivity contribution < 1.29 is 14.6 Å². The van der Waals surface area contributed by atoms with Crippen molar-refractivity contribution in [2.24, 2.45) is 0 Å². The molecule has 0 aliphatic rings. The van der Waals surface area contributed by atoms with Crippen molar-refractivity contribution in [3.63, 3.8) is 0 Å². The molecule has 2 aromatic carbocycles. The molecule has 5 nitrogen and oxygen atoms in total. The van der Waals surface area contributed by atoms with E-state index in [-0.39, 0.29) is 23.3 Å². The topological polar surface area (TPSA) is 61.8 Å². The molecule has 0 aromatic heterocycles. The fraction of sp³-hybridized carbons (Fsp3) is 0.316. The molecule has 0 fully saturated rings. The van der Waals surface area contributed by atoms with Crippen LogP contribution in [-0.4, -0.2) is 43.7 Å². The number of aryl methyl sites for hydroxylation is 1. The summed E-state index contributed by atoms with van der Waals surface area (Å²) >= 11 is 0. The van der Waals surface area contributed by atoms with Crippen LogP contribution in [0, 0.1) is 6.92 Å². The Morgan fingerprint density at radius 3 is 2.42 bits per heavy atom. The number of carbonyl (C=O) groups is 1. The van der Waals surface area contributed by atoms with E-state index in [2.05, 4.69) is 5.32 Å². The Kier molecular flexibility index (Phi) is 5.82. The van der Waals surface area contributed by atoms with Crippen LogP contribution in [0.25, 0.3) is 0 Å². The van der Waals surface area contributed by atoms with Gasteiger partial charge in [0.1, 0.15) is 11.5 Å². The Morgan fingerprint density at radius 1 is 1.21 bits per heavy atom. The largest absolute Gasteiger partial charge is 0.507 e. The van der Waals surface area contributed by atoms with E-state index in [9.17, 15) is 9.90 Å². The van der Waals surface area contributed by atoms with Gasteiger partial charge in [-0.15, -0.1) is 0 Å². The molecule has 2 aromatic rings. The lowest BCUT2D eigenvalue weighted by Crippen LogP contribution is -2.34. The van der Waals surface area contributed by atoms with Crippen LogP contribution in [0.1, 0.15) is 27.5 Å². The van der Waals surface area contributed by atoms with Crippen LogP contribution in [0.15, 0.2) is 42.5 Å². The van der Waals surface area contributed by atoms with E-state index in [0.29, 0.717) is 6.54 Å². The van der Waals surface area contributed by atoms with Crippen LogP contribution >= 0.6 is 0 Å². The summed E-state index contributed by atoms with van der Waals surface area (Å²) in [5, 5.41) is 12.8. The van der Waals surface area contributed by atoms with Gasteiger partial charge in [-0.05, 0) is 56.4 Å². The average Bonchev–Trinajstić information content (AvgIpc) is 2.55. The second-order valence-electron chi connectivity index (χ2n) is 5.98. The molecule has 0 bridgehead atoms. The van der Waals surface area contributed by atoms with Gasteiger partial charge in [0.15, 0.2) is 0 Å². The minimum atomic E-state index is -0.284. The van der Waals surface area contributed by atoms with Gasteiger partial charge >= 0.3 is 0 Å². The van der Waals surface area contributed by atoms with Crippen molar-refractivity contribution in [2.75, 3.05) is 27.7 Å². The molecule has 1 atom stereocenters. The van der Waals surface area contributed by atoms with Crippen LogP contribution in [0.2, 0.25) is 0 Å². The first-order chi connectivity index (χ1) is 11.4. The number of rotatable bonds is 6. The van der Waals surface area contributed by atoms with E-state index in [1.807, 2.05) is 56.3 Å². The molecule has 2 rings (SSSR count). The molecule has 0 saturated carbocycles. The van der Waals surface area contributed by atoms with Crippen molar-refractivity contribution in [1.82, 2.24) is 10.2 Å². The predicted molar refractivity (Wildman–Crippen MR) is 94.6 cm³/mol. The molecule has 2 N–H and O–H groups in total. The first-order valence-electron chi connectivity index (χ1n) is 7.80. The third-order valence-electron chi connectivity index (χ3n) is 3.98. The van der Waals surface area contributed by atoms with E-state index in [4.69, 9.17) is 4.74 Å². The number of nitrogens with one attached hydrogen (secondary N) is 1. The highest BCUT2D eigenvalue weighted by atomic mass is 16.5. The number of phenolic OH excluding ortho intramolecular Hbond substituents is 1. The number of amides is 1. The summed E-state index contributed by atoms with van der Waals surface area (Å²) in [4.78, 5) is 14.4. The summed E-state index contributed by atoms with van der Waals surface area (Å²) in [6.45, 7) is 2.30. The zero-order valence-corrected chi connectivity index (χ0v) is 14.5. The highest BCUT2D eigenvalue weighted by molar-refractivity contribution is 5.96. The number of benzene rings is 2. The second kappa shape index (κ2) is 7.84. The van der Waals surface area contributed by atoms with Crippen molar-refractivity contribution in [3.05, 3.63) is 59.2 Å². The zero-order chi connectivity index (χ0) is 17.7. The Morgan fingerprint density at radius 2 is 1.88 bits per heavy atom. The Hall–Kier alpha value is -2.53. The van der Waals surface area contributed by atoms with Gasteiger partial charge in [0.05, 0.1) is 18.7 Å². The van der Waals surface area contributed by atoms with E-state index < -0.39 is 0 Å². The molecule has 5 heteroatoms. The summed E-state index contributed by atoms with van der Waals surface area (Å²) in [7, 11) is 5.56. The van der Waals surface area contributed by atoms with Gasteiger partial charge in [0.2, 0.25) is 0 Å². The summed E-state index contributed by atoms with van der Waals surface area (Å²) in [5.41, 5.74) is 2.27. The number of ether oxygens (including phenoxy) is 1. The van der Waals surface area contributed by atoms with Gasteiger partial charge in [0.25, 0.3) is 5.91 Å². The maximum atomic E-state index is 12.3. The molecule has 1 unspecified atom stereocenters. The lowest BCUT2D eigenvalue weighted by atomic mass is 10.1. The first-order valence-corrected chi connectivity index (χ1v) is 7.80. The lowest BCUT2D eigenvalue weighted by molar-refractivity contribution is 0.0939. The quantitative estimate of drug-likeness (QED) is 0.856. The first kappa shape index (κ1) is 17.8. The van der Waals surface area contributed by atoms with Crippen molar-refractivity contribution in [1.29, 1.82) is 0 Å². The molecule has 0 spiro atoms. The highest BCUT2D eigenvalue weighted by Crippen LogP contribution is 2.22. The molecule has 1 amide bonds. The van der Waals surface area contributed by atoms with E-state index in [1.165, 1.54) is 0 Å². The van der Waals surface area contributed by atoms with Crippen molar-refractivity contribution in [2.45, 2.75) is 13.0 Å². The molecule has 24 heavy (non-hydrogen) atoms. The molecule has 0 aliphatic heterocycles. The maximum absolute atomic E-state index is 12.3. The van der Waals surface area contributed by atoms with Gasteiger partial charge in [0, 0.05) is 6.54 Å². The maximum Gasteiger partial charge on any atom is 0.255 e. The average molecular weight is 328 g/mol. The van der Waals surface area contributed by atoms with Gasteiger partial charge in [-0.3, -0.25) is 4.79 Å². The lowest BCUT2D eigenvalue weighted by Gasteiger charge is -2.25. The van der Waals surface area contributed by atoms with Crippen LogP contribution < -0.4 is 10.1 Å². The number of carbonyl (C=O) groups excluding carboxylic acids is 1. The second-order valence-corrected chi connectivity index (χ2v) is 5.98. The van der Waals surface area contributed by atoms with Crippen LogP contribution in [0.5, 0.6) is 11.5 Å². The fourth-order valence-electron chi connectivity index (χ4n) is 2.54. The summed E-state index contributed by atoms with van der Waals surface area (Å²) in [6, 6.07) is 12.8. The van der Waals surface area contributed by atoms with Crippen molar-refractivity contribution >= 4 is 5.91 Å². The van der Waals surface area contributed by atoms with E-state index >= 15 is 0 Å². The van der Waals surface area contributed by atoms with Crippen LogP contribution in [0.4, 0.5) is 0 Å². The zero-order valence-electron chi connectivity index (χ0n) is 14.5. The number of methoxy groups -OCH3 is 1. The summed E-state index contributed by atoms with van der Waals surface area (Å²) < 4.78 is 5.18. The third-order valence-corrected chi connectivity index (χ3v) is 3.98. The fourth-order valence-corrected chi connectivity index (χ4v) is 2.54. The van der Waals surface area contributed by atoms with Gasteiger partial charge in [-0.1, -0.05) is 18.2 Å². The molecule has 0 aliphatic carbocycles. The number of hydrogen-bond acceptors (Lipinski definition) is 4. The van der Waals surface area contributed by atoms with Gasteiger partial charge in [-0.2, -0.15) is 0 Å². The number of nitrogens with zero attached hydrogens (tertiary/aromatic N) is 1. The standard InChI is InChI=1S/C19H24N2O3/c1-13-5-10-16(18(22)11-13)19(23)20-12-17(21(2)3)14-6-8-15(24-4)9-7-14/h5-11,17,22H,12H2,1-4H3,(H,20,23). The Balaban J connectivity index is 2.09. The van der Waals surface area contributed by atoms with Crippen LogP contribution in [-0.2, 0) is 0 Å². The molecular formula is C19H24N2O3. The summed E-state index contributed by atoms with van der Waals surface area (Å²) in [5.74, 6) is 0.510. The smallest absolute Gasteiger partial charge is 0.255 e. The number of phenols is 1. The van der Waals surface area contributed by atoms with Gasteiger partial charge in [-0.25, -0.2) is 0 Å². The summed E-state index contributed by atoms with van der Waals surface area (Å²) in [6.07, 6.45) is 0. The minimum Gasteiger partial charge on any atom is -0.507 e. The third kappa shape index (κ3) is 4.26. The molecule has 0 heterocycles. The Bertz CT molecular complexity index is 696.